The molecule has 1 saturated heterocycles. The number of para-hydroxylation sites is 1. The van der Waals surface area contributed by atoms with Gasteiger partial charge >= 0.3 is 0 Å². The summed E-state index contributed by atoms with van der Waals surface area (Å²) in [6.07, 6.45) is 6.11. The number of carbonyl (C=O) groups is 1. The van der Waals surface area contributed by atoms with Crippen molar-refractivity contribution >= 4 is 17.3 Å². The number of ether oxygens (including phenoxy) is 1. The third-order valence-corrected chi connectivity index (χ3v) is 7.17. The molecule has 2 aromatic carbocycles. The second-order valence-corrected chi connectivity index (χ2v) is 8.85. The molecule has 2 aliphatic heterocycles. The van der Waals surface area contributed by atoms with Gasteiger partial charge in [0.2, 0.25) is 5.91 Å². The molecule has 3 aliphatic rings. The van der Waals surface area contributed by atoms with Crippen LogP contribution in [0.5, 0.6) is 5.75 Å². The van der Waals surface area contributed by atoms with Gasteiger partial charge < -0.3 is 15.0 Å². The van der Waals surface area contributed by atoms with Crippen molar-refractivity contribution in [2.75, 3.05) is 37.0 Å². The molecule has 0 spiro atoms. The number of nitrogens with zero attached hydrogens (tertiary/aromatic N) is 2. The van der Waals surface area contributed by atoms with E-state index in [4.69, 9.17) is 4.74 Å². The number of carbonyl (C=O) groups excluding carboxylic acids is 1. The molecule has 30 heavy (non-hydrogen) atoms. The molecule has 0 radical (unpaired) electrons. The first-order valence-electron chi connectivity index (χ1n) is 11.3. The standard InChI is InChI=1S/C25H31N3O2/c1-30-21-11-6-8-19(16-21)26-25(29)22-15-18-7-2-5-12-23(18)28-14-13-27(17-24(22)28)20-9-3-4-10-20/h2,5-8,11-12,16,20,22,24H,3-4,9-10,13-15,17H2,1H3,(H,26,29). The quantitative estimate of drug-likeness (QED) is 0.837. The van der Waals surface area contributed by atoms with E-state index in [1.165, 1.54) is 36.9 Å². The predicted octanol–water partition coefficient (Wildman–Crippen LogP) is 3.94. The highest BCUT2D eigenvalue weighted by Gasteiger charge is 2.42. The first kappa shape index (κ1) is 19.4. The fourth-order valence-corrected chi connectivity index (χ4v) is 5.62. The van der Waals surface area contributed by atoms with Gasteiger partial charge in [0, 0.05) is 43.1 Å². The van der Waals surface area contributed by atoms with Crippen molar-refractivity contribution in [2.24, 2.45) is 5.92 Å². The number of hydrogen-bond donors (Lipinski definition) is 1. The molecule has 5 nitrogen and oxygen atoms in total. The van der Waals surface area contributed by atoms with Crippen LogP contribution < -0.4 is 15.0 Å². The number of methoxy groups -OCH3 is 1. The molecular weight excluding hydrogens is 374 g/mol. The van der Waals surface area contributed by atoms with E-state index < -0.39 is 0 Å². The maximum absolute atomic E-state index is 13.5. The molecule has 1 N–H and O–H groups in total. The number of nitrogens with one attached hydrogen (secondary N) is 1. The van der Waals surface area contributed by atoms with Gasteiger partial charge in [0.1, 0.15) is 5.75 Å². The van der Waals surface area contributed by atoms with Crippen LogP contribution in [-0.2, 0) is 11.2 Å². The fraction of sp³-hybridized carbons (Fsp3) is 0.480. The van der Waals surface area contributed by atoms with Crippen molar-refractivity contribution in [1.82, 2.24) is 4.90 Å². The van der Waals surface area contributed by atoms with Gasteiger partial charge in [-0.3, -0.25) is 9.69 Å². The highest BCUT2D eigenvalue weighted by atomic mass is 16.5. The topological polar surface area (TPSA) is 44.8 Å². The Morgan fingerprint density at radius 2 is 1.90 bits per heavy atom. The van der Waals surface area contributed by atoms with Crippen LogP contribution in [0.4, 0.5) is 11.4 Å². The highest BCUT2D eigenvalue weighted by molar-refractivity contribution is 5.94. The van der Waals surface area contributed by atoms with E-state index in [9.17, 15) is 4.79 Å². The van der Waals surface area contributed by atoms with Gasteiger partial charge in [-0.15, -0.1) is 0 Å². The lowest BCUT2D eigenvalue weighted by Crippen LogP contribution is -2.61. The number of benzene rings is 2. The van der Waals surface area contributed by atoms with Crippen molar-refractivity contribution in [3.8, 4) is 5.75 Å². The molecule has 158 valence electrons. The molecule has 2 aromatic rings. The van der Waals surface area contributed by atoms with Crippen LogP contribution in [0, 0.1) is 5.92 Å². The Kier molecular flexibility index (Phi) is 5.38. The van der Waals surface area contributed by atoms with Gasteiger partial charge in [-0.2, -0.15) is 0 Å². The van der Waals surface area contributed by atoms with E-state index >= 15 is 0 Å². The minimum Gasteiger partial charge on any atom is -0.497 e. The van der Waals surface area contributed by atoms with E-state index in [2.05, 4.69) is 39.4 Å². The Morgan fingerprint density at radius 3 is 2.73 bits per heavy atom. The number of piperazine rings is 1. The minimum absolute atomic E-state index is 0.0599. The summed E-state index contributed by atoms with van der Waals surface area (Å²) in [6.45, 7) is 3.08. The third kappa shape index (κ3) is 3.67. The van der Waals surface area contributed by atoms with Gasteiger partial charge in [0.25, 0.3) is 0 Å². The smallest absolute Gasteiger partial charge is 0.229 e. The second kappa shape index (κ2) is 8.31. The summed E-state index contributed by atoms with van der Waals surface area (Å²) in [5.74, 6) is 0.810. The number of fused-ring (bicyclic) bond motifs is 3. The fourth-order valence-electron chi connectivity index (χ4n) is 5.62. The minimum atomic E-state index is -0.0599. The average molecular weight is 406 g/mol. The molecule has 0 aromatic heterocycles. The summed E-state index contributed by atoms with van der Waals surface area (Å²) in [6, 6.07) is 17.2. The molecule has 5 heteroatoms. The molecule has 1 aliphatic carbocycles. The van der Waals surface area contributed by atoms with Crippen molar-refractivity contribution in [3.05, 3.63) is 54.1 Å². The van der Waals surface area contributed by atoms with Crippen LogP contribution in [-0.4, -0.2) is 49.6 Å². The molecular formula is C25H31N3O2. The van der Waals surface area contributed by atoms with Crippen LogP contribution >= 0.6 is 0 Å². The van der Waals surface area contributed by atoms with Crippen LogP contribution in [0.3, 0.4) is 0 Å². The molecule has 2 heterocycles. The number of amides is 1. The zero-order valence-corrected chi connectivity index (χ0v) is 17.7. The van der Waals surface area contributed by atoms with Crippen LogP contribution in [0.25, 0.3) is 0 Å². The molecule has 1 amide bonds. The molecule has 2 fully saturated rings. The molecule has 2 unspecified atom stereocenters. The van der Waals surface area contributed by atoms with Crippen molar-refractivity contribution in [1.29, 1.82) is 0 Å². The Balaban J connectivity index is 1.41. The van der Waals surface area contributed by atoms with Gasteiger partial charge in [0.05, 0.1) is 19.1 Å². The van der Waals surface area contributed by atoms with E-state index in [0.717, 1.165) is 37.5 Å². The molecule has 1 saturated carbocycles. The molecule has 0 bridgehead atoms. The van der Waals surface area contributed by atoms with E-state index in [0.29, 0.717) is 6.04 Å². The van der Waals surface area contributed by atoms with Gasteiger partial charge in [-0.25, -0.2) is 0 Å². The Morgan fingerprint density at radius 1 is 1.07 bits per heavy atom. The average Bonchev–Trinajstić information content (AvgIpc) is 3.33. The Labute approximate surface area is 179 Å². The van der Waals surface area contributed by atoms with E-state index in [1.54, 1.807) is 7.11 Å². The number of rotatable bonds is 4. The highest BCUT2D eigenvalue weighted by Crippen LogP contribution is 2.38. The lowest BCUT2D eigenvalue weighted by atomic mass is 9.83. The van der Waals surface area contributed by atoms with E-state index in [-0.39, 0.29) is 17.9 Å². The molecule has 2 atom stereocenters. The summed E-state index contributed by atoms with van der Waals surface area (Å²) in [5, 5.41) is 3.17. The summed E-state index contributed by atoms with van der Waals surface area (Å²) in [4.78, 5) is 18.6. The zero-order chi connectivity index (χ0) is 20.5. The van der Waals surface area contributed by atoms with Gasteiger partial charge in [-0.05, 0) is 43.0 Å². The Bertz CT molecular complexity index is 909. The Hall–Kier alpha value is -2.53. The summed E-state index contributed by atoms with van der Waals surface area (Å²) in [7, 11) is 1.65. The third-order valence-electron chi connectivity index (χ3n) is 7.17. The maximum atomic E-state index is 13.5. The summed E-state index contributed by atoms with van der Waals surface area (Å²) < 4.78 is 5.32. The molecule has 5 rings (SSSR count). The van der Waals surface area contributed by atoms with Crippen molar-refractivity contribution in [3.63, 3.8) is 0 Å². The number of anilines is 2. The predicted molar refractivity (Wildman–Crippen MR) is 120 cm³/mol. The van der Waals surface area contributed by atoms with Crippen molar-refractivity contribution < 1.29 is 9.53 Å². The normalized spacial score (nSPS) is 24.2. The van der Waals surface area contributed by atoms with Crippen LogP contribution in [0.15, 0.2) is 48.5 Å². The second-order valence-electron chi connectivity index (χ2n) is 8.85. The largest absolute Gasteiger partial charge is 0.497 e. The van der Waals surface area contributed by atoms with Crippen LogP contribution in [0.1, 0.15) is 31.2 Å². The van der Waals surface area contributed by atoms with Gasteiger partial charge in [-0.1, -0.05) is 37.1 Å². The summed E-state index contributed by atoms with van der Waals surface area (Å²) >= 11 is 0. The van der Waals surface area contributed by atoms with Crippen molar-refractivity contribution in [2.45, 2.75) is 44.2 Å². The number of hydrogen-bond acceptors (Lipinski definition) is 4. The van der Waals surface area contributed by atoms with E-state index in [1.807, 2.05) is 24.3 Å². The van der Waals surface area contributed by atoms with Crippen LogP contribution in [0.2, 0.25) is 0 Å². The SMILES string of the molecule is COc1cccc(NC(=O)C2Cc3ccccc3N3CCN(C4CCCC4)CC23)c1. The first-order chi connectivity index (χ1) is 14.7. The lowest BCUT2D eigenvalue weighted by molar-refractivity contribution is -0.121. The zero-order valence-electron chi connectivity index (χ0n) is 17.7. The lowest BCUT2D eigenvalue weighted by Gasteiger charge is -2.50. The summed E-state index contributed by atoms with van der Waals surface area (Å²) in [5.41, 5.74) is 3.40. The monoisotopic (exact) mass is 405 g/mol. The maximum Gasteiger partial charge on any atom is 0.229 e. The first-order valence-corrected chi connectivity index (χ1v) is 11.3. The van der Waals surface area contributed by atoms with Gasteiger partial charge in [0.15, 0.2) is 0 Å².